The maximum absolute atomic E-state index is 13.3. The van der Waals surface area contributed by atoms with Crippen LogP contribution in [0.3, 0.4) is 0 Å². The molecular formula is C20H28O6. The van der Waals surface area contributed by atoms with Crippen molar-refractivity contribution in [2.24, 2.45) is 34.0 Å². The molecule has 6 rings (SSSR count). The maximum Gasteiger partial charge on any atom is 0.208 e. The molecule has 0 amide bonds. The molecule has 0 radical (unpaired) electrons. The lowest BCUT2D eigenvalue weighted by molar-refractivity contribution is -0.458. The summed E-state index contributed by atoms with van der Waals surface area (Å²) in [7, 11) is 0. The highest BCUT2D eigenvalue weighted by Crippen LogP contribution is 2.76. The molecule has 4 aliphatic carbocycles. The first kappa shape index (κ1) is 17.3. The van der Waals surface area contributed by atoms with Crippen molar-refractivity contribution in [1.29, 1.82) is 0 Å². The zero-order valence-corrected chi connectivity index (χ0v) is 15.3. The first-order valence-corrected chi connectivity index (χ1v) is 9.71. The minimum Gasteiger partial charge on any atom is -0.392 e. The minimum atomic E-state index is -2.15. The Morgan fingerprint density at radius 3 is 2.50 bits per heavy atom. The van der Waals surface area contributed by atoms with E-state index in [0.717, 1.165) is 6.42 Å². The van der Waals surface area contributed by atoms with Gasteiger partial charge in [0.2, 0.25) is 5.79 Å². The van der Waals surface area contributed by atoms with E-state index in [1.807, 2.05) is 13.8 Å². The second kappa shape index (κ2) is 4.61. The van der Waals surface area contributed by atoms with Crippen LogP contribution in [0.2, 0.25) is 0 Å². The van der Waals surface area contributed by atoms with E-state index < -0.39 is 58.5 Å². The molecule has 4 bridgehead atoms. The summed E-state index contributed by atoms with van der Waals surface area (Å²) < 4.78 is 5.80. The number of fused-ring (bicyclic) bond motifs is 2. The number of aliphatic hydroxyl groups is 4. The molecule has 2 aliphatic heterocycles. The summed E-state index contributed by atoms with van der Waals surface area (Å²) in [5.41, 5.74) is -2.49. The van der Waals surface area contributed by atoms with E-state index in [1.165, 1.54) is 0 Å². The molecule has 6 heteroatoms. The first-order valence-electron chi connectivity index (χ1n) is 9.71. The Bertz CT molecular complexity index is 717. The van der Waals surface area contributed by atoms with Crippen LogP contribution in [0.4, 0.5) is 0 Å². The normalized spacial score (nSPS) is 59.9. The van der Waals surface area contributed by atoms with E-state index in [-0.39, 0.29) is 12.0 Å². The number of hydrogen-bond donors (Lipinski definition) is 4. The van der Waals surface area contributed by atoms with Crippen molar-refractivity contribution in [1.82, 2.24) is 0 Å². The van der Waals surface area contributed by atoms with Crippen molar-refractivity contribution >= 4 is 5.78 Å². The maximum atomic E-state index is 13.3. The summed E-state index contributed by atoms with van der Waals surface area (Å²) in [6.45, 7) is 8.07. The quantitative estimate of drug-likeness (QED) is 0.463. The summed E-state index contributed by atoms with van der Waals surface area (Å²) in [5, 5.41) is 45.1. The predicted molar refractivity (Wildman–Crippen MR) is 90.7 cm³/mol. The molecule has 2 heterocycles. The summed E-state index contributed by atoms with van der Waals surface area (Å²) >= 11 is 0. The zero-order valence-electron chi connectivity index (χ0n) is 15.3. The third kappa shape index (κ3) is 1.41. The number of rotatable bonds is 0. The van der Waals surface area contributed by atoms with Gasteiger partial charge in [0.15, 0.2) is 5.78 Å². The molecule has 6 fully saturated rings. The van der Waals surface area contributed by atoms with Gasteiger partial charge in [-0.2, -0.15) is 0 Å². The van der Waals surface area contributed by atoms with Crippen molar-refractivity contribution in [2.45, 2.75) is 63.6 Å². The molecule has 2 spiro atoms. The smallest absolute Gasteiger partial charge is 0.208 e. The van der Waals surface area contributed by atoms with Gasteiger partial charge in [0.1, 0.15) is 11.5 Å². The van der Waals surface area contributed by atoms with Crippen molar-refractivity contribution < 1.29 is 30.0 Å². The average Bonchev–Trinajstić information content (AvgIpc) is 2.69. The van der Waals surface area contributed by atoms with Gasteiger partial charge in [0, 0.05) is 17.3 Å². The Kier molecular flexibility index (Phi) is 3.07. The number of hydrogen-bond acceptors (Lipinski definition) is 6. The van der Waals surface area contributed by atoms with Gasteiger partial charge in [-0.05, 0) is 42.6 Å². The second-order valence-corrected chi connectivity index (χ2v) is 9.97. The van der Waals surface area contributed by atoms with Crippen molar-refractivity contribution in [2.75, 3.05) is 6.61 Å². The standard InChI is InChI=1S/C20H28O6/c1-9-10-4-5-11-18-8-26-20(25,19(11,14(9)22)15(10)23)16(24)13(18)17(2,3)7-6-12(18)21/h10-13,15-16,21,23-25H,1,4-8H2,2-3H3/t10?,11-,12-,13+,15-,16-,18-,19?,20?/m0/s1. The van der Waals surface area contributed by atoms with Crippen LogP contribution in [0.25, 0.3) is 0 Å². The topological polar surface area (TPSA) is 107 Å². The third-order valence-electron chi connectivity index (χ3n) is 8.88. The van der Waals surface area contributed by atoms with Crippen molar-refractivity contribution in [3.05, 3.63) is 12.2 Å². The number of aliphatic hydroxyl groups excluding tert-OH is 3. The molecule has 144 valence electrons. The van der Waals surface area contributed by atoms with Gasteiger partial charge in [-0.3, -0.25) is 4.79 Å². The lowest BCUT2D eigenvalue weighted by Crippen LogP contribution is -2.85. The Hall–Kier alpha value is -0.790. The Morgan fingerprint density at radius 1 is 1.12 bits per heavy atom. The molecule has 0 aromatic carbocycles. The van der Waals surface area contributed by atoms with Crippen LogP contribution >= 0.6 is 0 Å². The summed E-state index contributed by atoms with van der Waals surface area (Å²) in [6, 6.07) is 0. The van der Waals surface area contributed by atoms with Crippen LogP contribution in [0, 0.1) is 34.0 Å². The van der Waals surface area contributed by atoms with Gasteiger partial charge in [-0.15, -0.1) is 0 Å². The highest BCUT2D eigenvalue weighted by Gasteiger charge is 2.86. The molecule has 6 aliphatic rings. The van der Waals surface area contributed by atoms with Crippen LogP contribution in [0.15, 0.2) is 12.2 Å². The molecule has 2 saturated heterocycles. The fourth-order valence-electron chi connectivity index (χ4n) is 7.90. The van der Waals surface area contributed by atoms with Gasteiger partial charge in [-0.25, -0.2) is 0 Å². The molecule has 4 N–H and O–H groups in total. The average molecular weight is 364 g/mol. The highest BCUT2D eigenvalue weighted by atomic mass is 16.6. The van der Waals surface area contributed by atoms with Crippen molar-refractivity contribution in [3.63, 3.8) is 0 Å². The van der Waals surface area contributed by atoms with Crippen LogP contribution in [-0.4, -0.2) is 56.9 Å². The zero-order chi connectivity index (χ0) is 18.9. The van der Waals surface area contributed by atoms with E-state index in [9.17, 15) is 25.2 Å². The monoisotopic (exact) mass is 364 g/mol. The van der Waals surface area contributed by atoms with Crippen LogP contribution < -0.4 is 0 Å². The van der Waals surface area contributed by atoms with E-state index in [4.69, 9.17) is 4.74 Å². The largest absolute Gasteiger partial charge is 0.392 e. The second-order valence-electron chi connectivity index (χ2n) is 9.97. The van der Waals surface area contributed by atoms with Crippen LogP contribution in [-0.2, 0) is 9.53 Å². The SMILES string of the molecule is C=C1C(=O)C23[C@@H](CCC1[C@@H]2O)[C@]12COC3(O)[C@@H](O)[C@@H]1C(C)(C)CC[C@@H]2O. The van der Waals surface area contributed by atoms with E-state index in [0.29, 0.717) is 24.8 Å². The number of carbonyl (C=O) groups excluding carboxylic acids is 1. The lowest BCUT2D eigenvalue weighted by atomic mass is 9.35. The molecule has 6 nitrogen and oxygen atoms in total. The van der Waals surface area contributed by atoms with E-state index in [1.54, 1.807) is 0 Å². The Morgan fingerprint density at radius 2 is 1.81 bits per heavy atom. The van der Waals surface area contributed by atoms with E-state index in [2.05, 4.69) is 6.58 Å². The van der Waals surface area contributed by atoms with Gasteiger partial charge in [-0.1, -0.05) is 20.4 Å². The lowest BCUT2D eigenvalue weighted by Gasteiger charge is -2.74. The number of carbonyl (C=O) groups is 1. The minimum absolute atomic E-state index is 0.0966. The number of ketones is 1. The van der Waals surface area contributed by atoms with Crippen LogP contribution in [0.5, 0.6) is 0 Å². The Labute approximate surface area is 152 Å². The molecular weight excluding hydrogens is 336 g/mol. The molecule has 4 saturated carbocycles. The van der Waals surface area contributed by atoms with Crippen LogP contribution in [0.1, 0.15) is 39.5 Å². The number of ether oxygens (including phenoxy) is 1. The van der Waals surface area contributed by atoms with Gasteiger partial charge < -0.3 is 25.2 Å². The molecule has 0 aromatic rings. The van der Waals surface area contributed by atoms with Gasteiger partial charge >= 0.3 is 0 Å². The highest BCUT2D eigenvalue weighted by molar-refractivity contribution is 6.05. The molecule has 0 aromatic heterocycles. The van der Waals surface area contributed by atoms with Gasteiger partial charge in [0.25, 0.3) is 0 Å². The Balaban J connectivity index is 1.81. The predicted octanol–water partition coefficient (Wildman–Crippen LogP) is 0.376. The summed E-state index contributed by atoms with van der Waals surface area (Å²) in [4.78, 5) is 13.3. The summed E-state index contributed by atoms with van der Waals surface area (Å²) in [6.07, 6.45) is -0.747. The fraction of sp³-hybridized carbons (Fsp3) is 0.850. The first-order chi connectivity index (χ1) is 12.1. The van der Waals surface area contributed by atoms with Gasteiger partial charge in [0.05, 0.1) is 18.8 Å². The third-order valence-corrected chi connectivity index (χ3v) is 8.88. The molecule has 3 unspecified atom stereocenters. The molecule has 26 heavy (non-hydrogen) atoms. The molecule has 9 atom stereocenters. The van der Waals surface area contributed by atoms with E-state index >= 15 is 0 Å². The fourth-order valence-corrected chi connectivity index (χ4v) is 7.90. The van der Waals surface area contributed by atoms with Crippen molar-refractivity contribution in [3.8, 4) is 0 Å². The number of Topliss-reactive ketones (excluding diaryl/α,β-unsaturated/α-hetero) is 1. The summed E-state index contributed by atoms with van der Waals surface area (Å²) in [5.74, 6) is -3.80.